The van der Waals surface area contributed by atoms with Crippen LogP contribution in [-0.4, -0.2) is 19.2 Å². The molecule has 0 saturated heterocycles. The molecule has 0 radical (unpaired) electrons. The zero-order valence-corrected chi connectivity index (χ0v) is 12.9. The normalized spacial score (nSPS) is 9.30. The van der Waals surface area contributed by atoms with Crippen molar-refractivity contribution >= 4 is 17.7 Å². The summed E-state index contributed by atoms with van der Waals surface area (Å²) in [6.45, 7) is 2.09. The van der Waals surface area contributed by atoms with Crippen LogP contribution in [0.3, 0.4) is 0 Å². The molecule has 114 valence electrons. The summed E-state index contributed by atoms with van der Waals surface area (Å²) in [5.41, 5.74) is 3.25. The first kappa shape index (κ1) is 16.2. The molecule has 0 fully saturated rings. The Hall–Kier alpha value is -3.15. The first-order valence-electron chi connectivity index (χ1n) is 7.09. The smallest absolute Gasteiger partial charge is 0.337 e. The summed E-state index contributed by atoms with van der Waals surface area (Å²) in [7, 11) is 1.31. The summed E-state index contributed by atoms with van der Waals surface area (Å²) < 4.78 is 4.68. The number of isocyanates is 1. The molecule has 0 N–H and O–H groups in total. The van der Waals surface area contributed by atoms with Crippen LogP contribution in [0.2, 0.25) is 0 Å². The maximum atomic E-state index is 11.6. The van der Waals surface area contributed by atoms with E-state index in [0.717, 1.165) is 12.0 Å². The highest BCUT2D eigenvalue weighted by atomic mass is 16.5. The van der Waals surface area contributed by atoms with Gasteiger partial charge >= 0.3 is 5.97 Å². The maximum absolute atomic E-state index is 11.6. The molecule has 0 amide bonds. The molecule has 4 nitrogen and oxygen atoms in total. The standard InChI is InChI=1S/C19H15NO3/c1-3-14-4-6-15(7-5-14)8-9-16-12-17(19(22)23-2)10-11-18(16)20-13-21/h4-7,10-12H,3H2,1-2H3. The van der Waals surface area contributed by atoms with Gasteiger partial charge in [0, 0.05) is 5.56 Å². The number of benzene rings is 2. The first-order valence-corrected chi connectivity index (χ1v) is 7.09. The molecule has 0 heterocycles. The number of carbonyl (C=O) groups excluding carboxylic acids is 2. The molecular formula is C19H15NO3. The van der Waals surface area contributed by atoms with E-state index in [1.54, 1.807) is 12.1 Å². The Bertz CT molecular complexity index is 820. The minimum absolute atomic E-state index is 0.350. The lowest BCUT2D eigenvalue weighted by molar-refractivity contribution is 0.0600. The van der Waals surface area contributed by atoms with Crippen LogP contribution in [-0.2, 0) is 16.0 Å². The van der Waals surface area contributed by atoms with Gasteiger partial charge in [0.2, 0.25) is 6.08 Å². The van der Waals surface area contributed by atoms with E-state index in [4.69, 9.17) is 0 Å². The van der Waals surface area contributed by atoms with Crippen LogP contribution >= 0.6 is 0 Å². The van der Waals surface area contributed by atoms with Gasteiger partial charge in [0.05, 0.1) is 23.9 Å². The summed E-state index contributed by atoms with van der Waals surface area (Å²) >= 11 is 0. The predicted octanol–water partition coefficient (Wildman–Crippen LogP) is 3.40. The third-order valence-corrected chi connectivity index (χ3v) is 3.29. The number of hydrogen-bond acceptors (Lipinski definition) is 4. The van der Waals surface area contributed by atoms with E-state index < -0.39 is 5.97 Å². The molecule has 4 heteroatoms. The summed E-state index contributed by atoms with van der Waals surface area (Å²) in [4.78, 5) is 25.7. The van der Waals surface area contributed by atoms with E-state index in [1.807, 2.05) is 24.3 Å². The minimum atomic E-state index is -0.470. The van der Waals surface area contributed by atoms with Gasteiger partial charge in [-0.25, -0.2) is 9.59 Å². The van der Waals surface area contributed by atoms with Gasteiger partial charge in [-0.3, -0.25) is 0 Å². The molecule has 0 bridgehead atoms. The van der Waals surface area contributed by atoms with Crippen molar-refractivity contribution in [3.05, 3.63) is 64.7 Å². The Kier molecular flexibility index (Phi) is 5.46. The van der Waals surface area contributed by atoms with Crippen molar-refractivity contribution in [2.45, 2.75) is 13.3 Å². The van der Waals surface area contributed by atoms with Crippen molar-refractivity contribution in [2.24, 2.45) is 4.99 Å². The van der Waals surface area contributed by atoms with E-state index in [-0.39, 0.29) is 0 Å². The van der Waals surface area contributed by atoms with Crippen molar-refractivity contribution in [1.82, 2.24) is 0 Å². The van der Waals surface area contributed by atoms with E-state index >= 15 is 0 Å². The molecule has 2 rings (SSSR count). The highest BCUT2D eigenvalue weighted by Crippen LogP contribution is 2.20. The maximum Gasteiger partial charge on any atom is 0.337 e. The number of rotatable bonds is 3. The third-order valence-electron chi connectivity index (χ3n) is 3.29. The van der Waals surface area contributed by atoms with E-state index in [1.165, 1.54) is 24.8 Å². The van der Waals surface area contributed by atoms with Crippen LogP contribution in [0.1, 0.15) is 34.0 Å². The molecule has 2 aromatic carbocycles. The van der Waals surface area contributed by atoms with Crippen molar-refractivity contribution in [3.8, 4) is 11.8 Å². The van der Waals surface area contributed by atoms with Crippen LogP contribution in [0.4, 0.5) is 5.69 Å². The lowest BCUT2D eigenvalue weighted by Gasteiger charge is -2.02. The van der Waals surface area contributed by atoms with Crippen molar-refractivity contribution in [3.63, 3.8) is 0 Å². The second-order valence-electron chi connectivity index (χ2n) is 4.73. The average Bonchev–Trinajstić information content (AvgIpc) is 2.60. The Labute approximate surface area is 134 Å². The zero-order chi connectivity index (χ0) is 16.7. The molecule has 0 aliphatic heterocycles. The molecule has 0 aliphatic rings. The largest absolute Gasteiger partial charge is 0.465 e. The number of aryl methyl sites for hydroxylation is 1. The molecule has 0 unspecified atom stereocenters. The quantitative estimate of drug-likeness (QED) is 0.378. The number of carbonyl (C=O) groups is 1. The Morgan fingerprint density at radius 1 is 1.13 bits per heavy atom. The molecule has 0 saturated carbocycles. The van der Waals surface area contributed by atoms with Crippen LogP contribution in [0.25, 0.3) is 0 Å². The molecular weight excluding hydrogens is 290 g/mol. The van der Waals surface area contributed by atoms with Gasteiger partial charge in [0.1, 0.15) is 0 Å². The second kappa shape index (κ2) is 7.74. The summed E-state index contributed by atoms with van der Waals surface area (Å²) in [6.07, 6.45) is 2.46. The number of esters is 1. The summed E-state index contributed by atoms with van der Waals surface area (Å²) in [6, 6.07) is 12.5. The Morgan fingerprint density at radius 2 is 1.87 bits per heavy atom. The van der Waals surface area contributed by atoms with Gasteiger partial charge in [0.15, 0.2) is 0 Å². The average molecular weight is 305 g/mol. The fourth-order valence-corrected chi connectivity index (χ4v) is 1.99. The van der Waals surface area contributed by atoms with Gasteiger partial charge in [-0.2, -0.15) is 4.99 Å². The SMILES string of the molecule is CCc1ccc(C#Cc2cc(C(=O)OC)ccc2N=C=O)cc1. The Balaban J connectivity index is 2.41. The highest BCUT2D eigenvalue weighted by molar-refractivity contribution is 5.90. The molecule has 0 spiro atoms. The molecule has 0 aliphatic carbocycles. The Morgan fingerprint density at radius 3 is 2.48 bits per heavy atom. The summed E-state index contributed by atoms with van der Waals surface area (Å²) in [5.74, 6) is 5.47. The number of nitrogens with zero attached hydrogens (tertiary/aromatic N) is 1. The monoisotopic (exact) mass is 305 g/mol. The molecule has 23 heavy (non-hydrogen) atoms. The topological polar surface area (TPSA) is 55.7 Å². The lowest BCUT2D eigenvalue weighted by atomic mass is 10.1. The van der Waals surface area contributed by atoms with Gasteiger partial charge in [0.25, 0.3) is 0 Å². The highest BCUT2D eigenvalue weighted by Gasteiger charge is 2.08. The number of methoxy groups -OCH3 is 1. The molecule has 0 aromatic heterocycles. The van der Waals surface area contributed by atoms with Crippen LogP contribution in [0, 0.1) is 11.8 Å². The van der Waals surface area contributed by atoms with E-state index in [9.17, 15) is 9.59 Å². The predicted molar refractivity (Wildman–Crippen MR) is 87.4 cm³/mol. The van der Waals surface area contributed by atoms with Crippen molar-refractivity contribution < 1.29 is 14.3 Å². The fourth-order valence-electron chi connectivity index (χ4n) is 1.99. The number of aliphatic imine (C=N–C) groups is 1. The summed E-state index contributed by atoms with van der Waals surface area (Å²) in [5, 5.41) is 0. The van der Waals surface area contributed by atoms with E-state index in [0.29, 0.717) is 16.8 Å². The van der Waals surface area contributed by atoms with Gasteiger partial charge in [-0.15, -0.1) is 0 Å². The van der Waals surface area contributed by atoms with Crippen LogP contribution in [0.5, 0.6) is 0 Å². The first-order chi connectivity index (χ1) is 11.2. The third kappa shape index (κ3) is 4.16. The fraction of sp³-hybridized carbons (Fsp3) is 0.158. The number of ether oxygens (including phenoxy) is 1. The van der Waals surface area contributed by atoms with Crippen LogP contribution < -0.4 is 0 Å². The van der Waals surface area contributed by atoms with Gasteiger partial charge in [-0.05, 0) is 42.3 Å². The van der Waals surface area contributed by atoms with Gasteiger partial charge < -0.3 is 4.74 Å². The number of hydrogen-bond donors (Lipinski definition) is 0. The van der Waals surface area contributed by atoms with E-state index in [2.05, 4.69) is 28.5 Å². The zero-order valence-electron chi connectivity index (χ0n) is 12.9. The minimum Gasteiger partial charge on any atom is -0.465 e. The van der Waals surface area contributed by atoms with Crippen molar-refractivity contribution in [1.29, 1.82) is 0 Å². The van der Waals surface area contributed by atoms with Crippen LogP contribution in [0.15, 0.2) is 47.5 Å². The lowest BCUT2D eigenvalue weighted by Crippen LogP contribution is -2.01. The molecule has 2 aromatic rings. The van der Waals surface area contributed by atoms with Crippen molar-refractivity contribution in [2.75, 3.05) is 7.11 Å². The molecule has 0 atom stereocenters. The second-order valence-corrected chi connectivity index (χ2v) is 4.73. The van der Waals surface area contributed by atoms with Gasteiger partial charge in [-0.1, -0.05) is 30.9 Å².